The zero-order valence-electron chi connectivity index (χ0n) is 10.3. The maximum Gasteiger partial charge on any atom is 0.216 e. The summed E-state index contributed by atoms with van der Waals surface area (Å²) in [6, 6.07) is 1.94. The SMILES string of the molecule is COc1c(CNCc2ccn[nH]2)c(C)nn1C. The molecule has 0 radical (unpaired) electrons. The van der Waals surface area contributed by atoms with Crippen LogP contribution in [0.4, 0.5) is 0 Å². The van der Waals surface area contributed by atoms with E-state index in [1.165, 1.54) is 0 Å². The monoisotopic (exact) mass is 235 g/mol. The highest BCUT2D eigenvalue weighted by atomic mass is 16.5. The summed E-state index contributed by atoms with van der Waals surface area (Å²) < 4.78 is 7.08. The summed E-state index contributed by atoms with van der Waals surface area (Å²) in [6.07, 6.45) is 1.74. The van der Waals surface area contributed by atoms with Gasteiger partial charge in [-0.05, 0) is 13.0 Å². The second-order valence-electron chi connectivity index (χ2n) is 3.88. The molecule has 92 valence electrons. The van der Waals surface area contributed by atoms with Gasteiger partial charge in [-0.1, -0.05) is 0 Å². The van der Waals surface area contributed by atoms with Crippen molar-refractivity contribution in [1.82, 2.24) is 25.3 Å². The van der Waals surface area contributed by atoms with Gasteiger partial charge in [-0.15, -0.1) is 0 Å². The summed E-state index contributed by atoms with van der Waals surface area (Å²) in [6.45, 7) is 3.45. The Morgan fingerprint density at radius 3 is 2.94 bits per heavy atom. The zero-order valence-corrected chi connectivity index (χ0v) is 10.3. The summed E-state index contributed by atoms with van der Waals surface area (Å²) in [5.74, 6) is 0.805. The Balaban J connectivity index is 1.99. The number of hydrogen-bond acceptors (Lipinski definition) is 4. The number of nitrogens with zero attached hydrogens (tertiary/aromatic N) is 3. The quantitative estimate of drug-likeness (QED) is 0.802. The Kier molecular flexibility index (Phi) is 3.43. The fourth-order valence-electron chi connectivity index (χ4n) is 1.84. The van der Waals surface area contributed by atoms with Crippen molar-refractivity contribution in [1.29, 1.82) is 0 Å². The summed E-state index contributed by atoms with van der Waals surface area (Å²) >= 11 is 0. The van der Waals surface area contributed by atoms with Gasteiger partial charge in [0, 0.05) is 32.0 Å². The highest BCUT2D eigenvalue weighted by Crippen LogP contribution is 2.20. The molecule has 0 atom stereocenters. The molecular weight excluding hydrogens is 218 g/mol. The maximum atomic E-state index is 5.33. The van der Waals surface area contributed by atoms with Gasteiger partial charge in [0.05, 0.1) is 18.4 Å². The van der Waals surface area contributed by atoms with Gasteiger partial charge in [-0.2, -0.15) is 10.2 Å². The van der Waals surface area contributed by atoms with Gasteiger partial charge in [-0.3, -0.25) is 5.10 Å². The third-order valence-corrected chi connectivity index (χ3v) is 2.66. The van der Waals surface area contributed by atoms with Crippen LogP contribution < -0.4 is 10.1 Å². The van der Waals surface area contributed by atoms with E-state index in [-0.39, 0.29) is 0 Å². The van der Waals surface area contributed by atoms with Gasteiger partial charge in [0.15, 0.2) is 0 Å². The fourth-order valence-corrected chi connectivity index (χ4v) is 1.84. The first kappa shape index (κ1) is 11.7. The average molecular weight is 235 g/mol. The van der Waals surface area contributed by atoms with Gasteiger partial charge >= 0.3 is 0 Å². The maximum absolute atomic E-state index is 5.33. The molecule has 0 saturated carbocycles. The first-order valence-electron chi connectivity index (χ1n) is 5.47. The van der Waals surface area contributed by atoms with E-state index in [0.717, 1.165) is 35.9 Å². The Morgan fingerprint density at radius 2 is 2.29 bits per heavy atom. The molecule has 17 heavy (non-hydrogen) atoms. The molecule has 0 fully saturated rings. The second-order valence-corrected chi connectivity index (χ2v) is 3.88. The number of ether oxygens (including phenoxy) is 1. The van der Waals surface area contributed by atoms with Gasteiger partial charge < -0.3 is 10.1 Å². The molecule has 0 saturated heterocycles. The molecule has 2 rings (SSSR count). The number of rotatable bonds is 5. The molecule has 0 spiro atoms. The van der Waals surface area contributed by atoms with E-state index in [2.05, 4.69) is 20.6 Å². The molecule has 2 heterocycles. The van der Waals surface area contributed by atoms with Crippen LogP contribution in [0.15, 0.2) is 12.3 Å². The van der Waals surface area contributed by atoms with Gasteiger partial charge in [-0.25, -0.2) is 4.68 Å². The van der Waals surface area contributed by atoms with Gasteiger partial charge in [0.25, 0.3) is 0 Å². The van der Waals surface area contributed by atoms with E-state index in [1.807, 2.05) is 20.0 Å². The molecule has 0 aliphatic rings. The first-order chi connectivity index (χ1) is 8.22. The fraction of sp³-hybridized carbons (Fsp3) is 0.455. The highest BCUT2D eigenvalue weighted by Gasteiger charge is 2.12. The van der Waals surface area contributed by atoms with Crippen LogP contribution in [0.5, 0.6) is 5.88 Å². The Hall–Kier alpha value is -1.82. The largest absolute Gasteiger partial charge is 0.481 e. The van der Waals surface area contributed by atoms with Crippen molar-refractivity contribution in [3.05, 3.63) is 29.2 Å². The van der Waals surface area contributed by atoms with E-state index in [9.17, 15) is 0 Å². The molecule has 0 aliphatic carbocycles. The third-order valence-electron chi connectivity index (χ3n) is 2.66. The summed E-state index contributed by atoms with van der Waals surface area (Å²) in [5, 5.41) is 14.5. The average Bonchev–Trinajstić information content (AvgIpc) is 2.88. The van der Waals surface area contributed by atoms with Crippen molar-refractivity contribution >= 4 is 0 Å². The molecule has 0 aliphatic heterocycles. The minimum Gasteiger partial charge on any atom is -0.481 e. The molecule has 0 unspecified atom stereocenters. The van der Waals surface area contributed by atoms with Crippen molar-refractivity contribution in [2.45, 2.75) is 20.0 Å². The Bertz CT molecular complexity index is 474. The van der Waals surface area contributed by atoms with E-state index in [4.69, 9.17) is 4.74 Å². The zero-order chi connectivity index (χ0) is 12.3. The molecule has 6 nitrogen and oxygen atoms in total. The van der Waals surface area contributed by atoms with Crippen molar-refractivity contribution in [3.8, 4) is 5.88 Å². The van der Waals surface area contributed by atoms with Crippen LogP contribution in [0.3, 0.4) is 0 Å². The smallest absolute Gasteiger partial charge is 0.216 e. The lowest BCUT2D eigenvalue weighted by molar-refractivity contribution is 0.368. The van der Waals surface area contributed by atoms with E-state index in [1.54, 1.807) is 18.0 Å². The minimum absolute atomic E-state index is 0.724. The standard InChI is InChI=1S/C11H17N5O/c1-8-10(11(17-3)16(2)15-8)7-12-6-9-4-5-13-14-9/h4-5,12H,6-7H2,1-3H3,(H,13,14). The second kappa shape index (κ2) is 5.01. The normalized spacial score (nSPS) is 10.8. The predicted molar refractivity (Wildman–Crippen MR) is 63.6 cm³/mol. The molecular formula is C11H17N5O. The topological polar surface area (TPSA) is 67.8 Å². The van der Waals surface area contributed by atoms with Crippen LogP contribution >= 0.6 is 0 Å². The molecule has 6 heteroatoms. The predicted octanol–water partition coefficient (Wildman–Crippen LogP) is 0.750. The van der Waals surface area contributed by atoms with Crippen LogP contribution in [0, 0.1) is 6.92 Å². The van der Waals surface area contributed by atoms with Crippen LogP contribution in [-0.2, 0) is 20.1 Å². The number of aromatic nitrogens is 4. The number of aromatic amines is 1. The Labute approximate surface area is 100.0 Å². The summed E-state index contributed by atoms with van der Waals surface area (Å²) in [4.78, 5) is 0. The first-order valence-corrected chi connectivity index (χ1v) is 5.47. The third kappa shape index (κ3) is 2.47. The number of hydrogen-bond donors (Lipinski definition) is 2. The number of nitrogens with one attached hydrogen (secondary N) is 2. The Morgan fingerprint density at radius 1 is 1.47 bits per heavy atom. The minimum atomic E-state index is 0.724. The van der Waals surface area contributed by atoms with Gasteiger partial charge in [0.1, 0.15) is 0 Å². The number of methoxy groups -OCH3 is 1. The number of H-pyrrole nitrogens is 1. The van der Waals surface area contributed by atoms with Gasteiger partial charge in [0.2, 0.25) is 5.88 Å². The lowest BCUT2D eigenvalue weighted by Crippen LogP contribution is -2.14. The lowest BCUT2D eigenvalue weighted by Gasteiger charge is -2.05. The molecule has 2 aromatic heterocycles. The van der Waals surface area contributed by atoms with E-state index >= 15 is 0 Å². The molecule has 0 aromatic carbocycles. The van der Waals surface area contributed by atoms with Crippen LogP contribution in [0.25, 0.3) is 0 Å². The van der Waals surface area contributed by atoms with Crippen molar-refractivity contribution < 1.29 is 4.74 Å². The van der Waals surface area contributed by atoms with Crippen molar-refractivity contribution in [3.63, 3.8) is 0 Å². The van der Waals surface area contributed by atoms with Crippen LogP contribution in [0.2, 0.25) is 0 Å². The number of aryl methyl sites for hydroxylation is 2. The van der Waals surface area contributed by atoms with E-state index < -0.39 is 0 Å². The van der Waals surface area contributed by atoms with Crippen LogP contribution in [-0.4, -0.2) is 27.1 Å². The van der Waals surface area contributed by atoms with Crippen molar-refractivity contribution in [2.24, 2.45) is 7.05 Å². The van der Waals surface area contributed by atoms with Crippen molar-refractivity contribution in [2.75, 3.05) is 7.11 Å². The summed E-state index contributed by atoms with van der Waals surface area (Å²) in [7, 11) is 3.54. The van der Waals surface area contributed by atoms with Crippen LogP contribution in [0.1, 0.15) is 17.0 Å². The summed E-state index contributed by atoms with van der Waals surface area (Å²) in [5.41, 5.74) is 3.14. The molecule has 2 aromatic rings. The molecule has 0 bridgehead atoms. The van der Waals surface area contributed by atoms with E-state index in [0.29, 0.717) is 0 Å². The molecule has 0 amide bonds. The lowest BCUT2D eigenvalue weighted by atomic mass is 10.2. The molecule has 2 N–H and O–H groups in total. The highest BCUT2D eigenvalue weighted by molar-refractivity contribution is 5.30.